The van der Waals surface area contributed by atoms with Gasteiger partial charge in [-0.25, -0.2) is 0 Å². The average Bonchev–Trinajstić information content (AvgIpc) is 2.79. The second-order valence-electron chi connectivity index (χ2n) is 6.86. The smallest absolute Gasteiger partial charge is 0.119 e. The van der Waals surface area contributed by atoms with Crippen molar-refractivity contribution < 1.29 is 9.47 Å². The van der Waals surface area contributed by atoms with Gasteiger partial charge in [-0.1, -0.05) is 19.9 Å². The van der Waals surface area contributed by atoms with Gasteiger partial charge in [0.15, 0.2) is 0 Å². The molecule has 0 aliphatic heterocycles. The first-order valence-corrected chi connectivity index (χ1v) is 8.16. The van der Waals surface area contributed by atoms with Crippen molar-refractivity contribution in [2.45, 2.75) is 57.8 Å². The minimum Gasteiger partial charge on any atom is -0.497 e. The number of fused-ring (bicyclic) bond motifs is 1. The number of ether oxygens (including phenoxy) is 2. The third-order valence-corrected chi connectivity index (χ3v) is 5.45. The van der Waals surface area contributed by atoms with Gasteiger partial charge in [-0.2, -0.15) is 0 Å². The van der Waals surface area contributed by atoms with Crippen molar-refractivity contribution in [2.75, 3.05) is 7.11 Å². The average molecular weight is 289 g/mol. The summed E-state index contributed by atoms with van der Waals surface area (Å²) in [6.45, 7) is 4.69. The maximum Gasteiger partial charge on any atom is 0.119 e. The molecule has 1 saturated carbocycles. The highest BCUT2D eigenvalue weighted by Crippen LogP contribution is 2.37. The van der Waals surface area contributed by atoms with Crippen LogP contribution < -0.4 is 10.5 Å². The molecule has 3 nitrogen and oxygen atoms in total. The van der Waals surface area contributed by atoms with Crippen LogP contribution >= 0.6 is 0 Å². The molecule has 1 fully saturated rings. The Kier molecular flexibility index (Phi) is 4.23. The summed E-state index contributed by atoms with van der Waals surface area (Å²) in [6, 6.07) is 6.18. The van der Waals surface area contributed by atoms with Gasteiger partial charge in [0.1, 0.15) is 5.75 Å². The number of methoxy groups -OCH3 is 1. The number of rotatable bonds is 3. The SMILES string of the molecule is COc1ccc2c(c1)C(N)C(OC1CCC(C)C(C)C1)C2. The number of hydrogen-bond donors (Lipinski definition) is 1. The molecule has 0 heterocycles. The lowest BCUT2D eigenvalue weighted by Crippen LogP contribution is -2.34. The quantitative estimate of drug-likeness (QED) is 0.926. The van der Waals surface area contributed by atoms with Gasteiger partial charge < -0.3 is 15.2 Å². The Labute approximate surface area is 127 Å². The maximum atomic E-state index is 6.41. The van der Waals surface area contributed by atoms with Gasteiger partial charge in [0.05, 0.1) is 25.4 Å². The Bertz CT molecular complexity index is 502. The van der Waals surface area contributed by atoms with E-state index in [0.29, 0.717) is 6.10 Å². The van der Waals surface area contributed by atoms with Crippen LogP contribution in [0.4, 0.5) is 0 Å². The fourth-order valence-electron chi connectivity index (χ4n) is 3.74. The first kappa shape index (κ1) is 14.9. The number of nitrogens with two attached hydrogens (primary N) is 1. The Morgan fingerprint density at radius 1 is 1.14 bits per heavy atom. The fourth-order valence-corrected chi connectivity index (χ4v) is 3.74. The Morgan fingerprint density at radius 2 is 1.95 bits per heavy atom. The molecular formula is C18H27NO2. The van der Waals surface area contributed by atoms with Crippen molar-refractivity contribution in [3.05, 3.63) is 29.3 Å². The largest absolute Gasteiger partial charge is 0.497 e. The lowest BCUT2D eigenvalue weighted by molar-refractivity contribution is -0.0522. The predicted octanol–water partition coefficient (Wildman–Crippen LogP) is 3.46. The van der Waals surface area contributed by atoms with Crippen molar-refractivity contribution in [3.63, 3.8) is 0 Å². The zero-order chi connectivity index (χ0) is 15.0. The van der Waals surface area contributed by atoms with Crippen molar-refractivity contribution in [1.82, 2.24) is 0 Å². The van der Waals surface area contributed by atoms with E-state index in [2.05, 4.69) is 26.0 Å². The maximum absolute atomic E-state index is 6.41. The van der Waals surface area contributed by atoms with Crippen LogP contribution in [0.5, 0.6) is 5.75 Å². The summed E-state index contributed by atoms with van der Waals surface area (Å²) < 4.78 is 11.7. The van der Waals surface area contributed by atoms with Crippen LogP contribution in [0.25, 0.3) is 0 Å². The third kappa shape index (κ3) is 2.95. The zero-order valence-corrected chi connectivity index (χ0v) is 13.3. The van der Waals surface area contributed by atoms with Gasteiger partial charge >= 0.3 is 0 Å². The normalized spacial score (nSPS) is 35.5. The third-order valence-electron chi connectivity index (χ3n) is 5.45. The lowest BCUT2D eigenvalue weighted by Gasteiger charge is -2.34. The summed E-state index contributed by atoms with van der Waals surface area (Å²) in [4.78, 5) is 0. The van der Waals surface area contributed by atoms with Gasteiger partial charge in [-0.15, -0.1) is 0 Å². The Morgan fingerprint density at radius 3 is 2.67 bits per heavy atom. The summed E-state index contributed by atoms with van der Waals surface area (Å²) in [5, 5.41) is 0. The van der Waals surface area contributed by atoms with E-state index in [1.165, 1.54) is 30.4 Å². The van der Waals surface area contributed by atoms with Crippen molar-refractivity contribution >= 4 is 0 Å². The van der Waals surface area contributed by atoms with Crippen molar-refractivity contribution in [1.29, 1.82) is 0 Å². The van der Waals surface area contributed by atoms with Crippen LogP contribution in [0.3, 0.4) is 0 Å². The van der Waals surface area contributed by atoms with Gasteiger partial charge in [-0.05, 0) is 54.4 Å². The molecule has 3 heteroatoms. The van der Waals surface area contributed by atoms with E-state index in [9.17, 15) is 0 Å². The van der Waals surface area contributed by atoms with E-state index in [-0.39, 0.29) is 12.1 Å². The summed E-state index contributed by atoms with van der Waals surface area (Å²) in [6.07, 6.45) is 5.05. The van der Waals surface area contributed by atoms with Gasteiger partial charge in [-0.3, -0.25) is 0 Å². The van der Waals surface area contributed by atoms with Crippen LogP contribution in [0.2, 0.25) is 0 Å². The van der Waals surface area contributed by atoms with Gasteiger partial charge in [0.2, 0.25) is 0 Å². The fraction of sp³-hybridized carbons (Fsp3) is 0.667. The van der Waals surface area contributed by atoms with E-state index < -0.39 is 0 Å². The molecule has 3 rings (SSSR count). The molecule has 0 bridgehead atoms. The summed E-state index contributed by atoms with van der Waals surface area (Å²) in [5.74, 6) is 2.46. The van der Waals surface area contributed by atoms with E-state index >= 15 is 0 Å². The van der Waals surface area contributed by atoms with E-state index in [1.807, 2.05) is 6.07 Å². The van der Waals surface area contributed by atoms with Crippen LogP contribution in [-0.4, -0.2) is 19.3 Å². The Hall–Kier alpha value is -1.06. The molecule has 5 unspecified atom stereocenters. The molecule has 0 saturated heterocycles. The van der Waals surface area contributed by atoms with Crippen LogP contribution in [0.1, 0.15) is 50.3 Å². The van der Waals surface area contributed by atoms with Gasteiger partial charge in [0.25, 0.3) is 0 Å². The first-order valence-electron chi connectivity index (χ1n) is 8.16. The topological polar surface area (TPSA) is 44.5 Å². The second-order valence-corrected chi connectivity index (χ2v) is 6.86. The molecule has 2 N–H and O–H groups in total. The molecule has 0 radical (unpaired) electrons. The highest BCUT2D eigenvalue weighted by molar-refractivity contribution is 5.42. The van der Waals surface area contributed by atoms with E-state index in [0.717, 1.165) is 24.0 Å². The molecule has 1 aromatic carbocycles. The molecule has 0 spiro atoms. The minimum atomic E-state index is -0.0234. The molecule has 116 valence electrons. The van der Waals surface area contributed by atoms with E-state index in [1.54, 1.807) is 7.11 Å². The van der Waals surface area contributed by atoms with Crippen LogP contribution in [0.15, 0.2) is 18.2 Å². The number of benzene rings is 1. The van der Waals surface area contributed by atoms with Crippen molar-refractivity contribution in [3.8, 4) is 5.75 Å². The highest BCUT2D eigenvalue weighted by atomic mass is 16.5. The molecular weight excluding hydrogens is 262 g/mol. The molecule has 2 aliphatic carbocycles. The highest BCUT2D eigenvalue weighted by Gasteiger charge is 2.34. The van der Waals surface area contributed by atoms with E-state index in [4.69, 9.17) is 15.2 Å². The monoisotopic (exact) mass is 289 g/mol. The first-order chi connectivity index (χ1) is 10.1. The van der Waals surface area contributed by atoms with Crippen LogP contribution in [-0.2, 0) is 11.2 Å². The summed E-state index contributed by atoms with van der Waals surface area (Å²) in [5.41, 5.74) is 8.91. The van der Waals surface area contributed by atoms with Gasteiger partial charge in [0, 0.05) is 6.42 Å². The standard InChI is InChI=1S/C18H27NO2/c1-11-4-6-15(8-12(11)2)21-17-9-13-5-7-14(20-3)10-16(13)18(17)19/h5,7,10-12,15,17-18H,4,6,8-9,19H2,1-3H3. The summed E-state index contributed by atoms with van der Waals surface area (Å²) >= 11 is 0. The van der Waals surface area contributed by atoms with Crippen molar-refractivity contribution in [2.24, 2.45) is 17.6 Å². The predicted molar refractivity (Wildman–Crippen MR) is 84.5 cm³/mol. The molecule has 2 aliphatic rings. The molecule has 0 aromatic heterocycles. The minimum absolute atomic E-state index is 0.0234. The molecule has 21 heavy (non-hydrogen) atoms. The molecule has 0 amide bonds. The Balaban J connectivity index is 1.66. The lowest BCUT2D eigenvalue weighted by atomic mass is 9.80. The van der Waals surface area contributed by atoms with Crippen LogP contribution in [0, 0.1) is 11.8 Å². The molecule has 5 atom stereocenters. The molecule has 1 aromatic rings. The summed E-state index contributed by atoms with van der Waals surface area (Å²) in [7, 11) is 1.70. The number of hydrogen-bond acceptors (Lipinski definition) is 3. The second kappa shape index (κ2) is 5.98. The zero-order valence-electron chi connectivity index (χ0n) is 13.3.